The van der Waals surface area contributed by atoms with E-state index in [2.05, 4.69) is 19.9 Å². The second-order valence-corrected chi connectivity index (χ2v) is 6.96. The standard InChI is InChI=1S/C19H29FN4O2/c1-2-26-19-15-17(3-4-18(19)21-25)24-13-11-23(12-14-24)16-5-8-22(9-6-16)10-7-20/h3-4,15-16H,2,5-14H2,1H3. The Bertz CT molecular complexity index is 585. The molecule has 7 heteroatoms. The summed E-state index contributed by atoms with van der Waals surface area (Å²) in [5, 5.41) is 3.04. The number of hydrogen-bond acceptors (Lipinski definition) is 6. The maximum Gasteiger partial charge on any atom is 0.150 e. The molecule has 0 aliphatic carbocycles. The molecule has 0 unspecified atom stereocenters. The largest absolute Gasteiger partial charge is 0.491 e. The first-order valence-electron chi connectivity index (χ1n) is 9.62. The average molecular weight is 364 g/mol. The van der Waals surface area contributed by atoms with Crippen LogP contribution in [-0.2, 0) is 0 Å². The van der Waals surface area contributed by atoms with Gasteiger partial charge in [-0.1, -0.05) is 0 Å². The van der Waals surface area contributed by atoms with Gasteiger partial charge in [-0.2, -0.15) is 0 Å². The van der Waals surface area contributed by atoms with Crippen molar-refractivity contribution in [1.82, 2.24) is 9.80 Å². The van der Waals surface area contributed by atoms with Crippen molar-refractivity contribution in [3.63, 3.8) is 0 Å². The Morgan fingerprint density at radius 2 is 1.88 bits per heavy atom. The lowest BCUT2D eigenvalue weighted by Crippen LogP contribution is -2.53. The van der Waals surface area contributed by atoms with Crippen molar-refractivity contribution in [2.24, 2.45) is 5.18 Å². The van der Waals surface area contributed by atoms with Gasteiger partial charge < -0.3 is 14.5 Å². The zero-order valence-electron chi connectivity index (χ0n) is 15.6. The summed E-state index contributed by atoms with van der Waals surface area (Å²) in [6, 6.07) is 6.23. The number of alkyl halides is 1. The molecule has 6 nitrogen and oxygen atoms in total. The number of nitrogens with zero attached hydrogens (tertiary/aromatic N) is 4. The summed E-state index contributed by atoms with van der Waals surface area (Å²) in [6.45, 7) is 8.75. The quantitative estimate of drug-likeness (QED) is 0.696. The van der Waals surface area contributed by atoms with Gasteiger partial charge in [0.2, 0.25) is 0 Å². The van der Waals surface area contributed by atoms with Crippen LogP contribution in [0.4, 0.5) is 15.8 Å². The molecule has 144 valence electrons. The molecule has 0 aromatic heterocycles. The molecule has 2 aliphatic heterocycles. The normalized spacial score (nSPS) is 20.3. The van der Waals surface area contributed by atoms with Crippen LogP contribution in [0.25, 0.3) is 0 Å². The molecule has 0 N–H and O–H groups in total. The molecule has 1 aromatic rings. The van der Waals surface area contributed by atoms with Gasteiger partial charge in [0.1, 0.15) is 12.4 Å². The molecule has 2 fully saturated rings. The third-order valence-corrected chi connectivity index (χ3v) is 5.50. The van der Waals surface area contributed by atoms with Gasteiger partial charge in [-0.25, -0.2) is 4.39 Å². The van der Waals surface area contributed by atoms with E-state index in [1.165, 1.54) is 0 Å². The van der Waals surface area contributed by atoms with Gasteiger partial charge in [0.25, 0.3) is 0 Å². The van der Waals surface area contributed by atoms with E-state index in [0.717, 1.165) is 57.8 Å². The van der Waals surface area contributed by atoms with Crippen LogP contribution in [0.2, 0.25) is 0 Å². The van der Waals surface area contributed by atoms with Crippen LogP contribution in [0.5, 0.6) is 5.75 Å². The molecule has 26 heavy (non-hydrogen) atoms. The molecule has 0 atom stereocenters. The molecule has 3 rings (SSSR count). The number of benzene rings is 1. The predicted octanol–water partition coefficient (Wildman–Crippen LogP) is 3.04. The summed E-state index contributed by atoms with van der Waals surface area (Å²) in [5.74, 6) is 0.558. The van der Waals surface area contributed by atoms with E-state index in [-0.39, 0.29) is 6.67 Å². The van der Waals surface area contributed by atoms with E-state index in [1.54, 1.807) is 6.07 Å². The van der Waals surface area contributed by atoms with E-state index in [4.69, 9.17) is 4.74 Å². The van der Waals surface area contributed by atoms with Crippen molar-refractivity contribution in [1.29, 1.82) is 0 Å². The predicted molar refractivity (Wildman–Crippen MR) is 102 cm³/mol. The third-order valence-electron chi connectivity index (χ3n) is 5.50. The Hall–Kier alpha value is -1.73. The first kappa shape index (κ1) is 19.0. The number of ether oxygens (including phenoxy) is 1. The fourth-order valence-electron chi connectivity index (χ4n) is 4.02. The highest BCUT2D eigenvalue weighted by atomic mass is 19.1. The maximum absolute atomic E-state index is 12.5. The smallest absolute Gasteiger partial charge is 0.150 e. The number of piperidine rings is 1. The molecule has 0 spiro atoms. The molecule has 2 heterocycles. The Balaban J connectivity index is 1.54. The van der Waals surface area contributed by atoms with E-state index in [9.17, 15) is 9.30 Å². The first-order valence-corrected chi connectivity index (χ1v) is 9.62. The first-order chi connectivity index (χ1) is 12.7. The zero-order valence-corrected chi connectivity index (χ0v) is 15.6. The van der Waals surface area contributed by atoms with Gasteiger partial charge in [0.15, 0.2) is 5.75 Å². The number of anilines is 1. The van der Waals surface area contributed by atoms with Crippen LogP contribution in [0.15, 0.2) is 23.4 Å². The van der Waals surface area contributed by atoms with Gasteiger partial charge in [-0.05, 0) is 50.2 Å². The van der Waals surface area contributed by atoms with E-state index >= 15 is 0 Å². The fourth-order valence-corrected chi connectivity index (χ4v) is 4.02. The van der Waals surface area contributed by atoms with Crippen molar-refractivity contribution < 1.29 is 9.13 Å². The minimum atomic E-state index is -0.245. The van der Waals surface area contributed by atoms with Crippen molar-refractivity contribution in [3.05, 3.63) is 23.1 Å². The Labute approximate surface area is 154 Å². The van der Waals surface area contributed by atoms with E-state index < -0.39 is 0 Å². The van der Waals surface area contributed by atoms with Crippen molar-refractivity contribution in [3.8, 4) is 5.75 Å². The number of nitroso groups, excluding NO2 is 1. The molecule has 1 aromatic carbocycles. The minimum Gasteiger partial charge on any atom is -0.491 e. The van der Waals surface area contributed by atoms with Crippen LogP contribution in [0, 0.1) is 4.91 Å². The lowest BCUT2D eigenvalue weighted by atomic mass is 10.0. The highest BCUT2D eigenvalue weighted by Gasteiger charge is 2.27. The van der Waals surface area contributed by atoms with Gasteiger partial charge in [-0.15, -0.1) is 4.91 Å². The maximum atomic E-state index is 12.5. The Morgan fingerprint density at radius 3 is 2.50 bits per heavy atom. The molecular formula is C19H29FN4O2. The van der Waals surface area contributed by atoms with Crippen molar-refractivity contribution in [2.45, 2.75) is 25.8 Å². The molecule has 0 saturated carbocycles. The van der Waals surface area contributed by atoms with Crippen LogP contribution in [0.3, 0.4) is 0 Å². The number of hydrogen-bond donors (Lipinski definition) is 0. The minimum absolute atomic E-state index is 0.245. The number of rotatable bonds is 7. The summed E-state index contributed by atoms with van der Waals surface area (Å²) >= 11 is 0. The van der Waals surface area contributed by atoms with Gasteiger partial charge in [0.05, 0.1) is 6.61 Å². The number of halogens is 1. The summed E-state index contributed by atoms with van der Waals surface area (Å²) < 4.78 is 18.0. The molecule has 0 amide bonds. The van der Waals surface area contributed by atoms with Gasteiger partial charge >= 0.3 is 0 Å². The summed E-state index contributed by atoms with van der Waals surface area (Å²) in [7, 11) is 0. The lowest BCUT2D eigenvalue weighted by molar-refractivity contribution is 0.0998. The number of likely N-dealkylation sites (tertiary alicyclic amines) is 1. The topological polar surface area (TPSA) is 48.4 Å². The van der Waals surface area contributed by atoms with Crippen molar-refractivity contribution >= 4 is 11.4 Å². The van der Waals surface area contributed by atoms with E-state index in [1.807, 2.05) is 19.1 Å². The van der Waals surface area contributed by atoms with Crippen molar-refractivity contribution in [2.75, 3.05) is 64.0 Å². The third kappa shape index (κ3) is 4.51. The van der Waals surface area contributed by atoms with Crippen LogP contribution in [0.1, 0.15) is 19.8 Å². The highest BCUT2D eigenvalue weighted by molar-refractivity contribution is 5.62. The van der Waals surface area contributed by atoms with Crippen LogP contribution >= 0.6 is 0 Å². The summed E-state index contributed by atoms with van der Waals surface area (Å²) in [6.07, 6.45) is 2.27. The molecule has 0 radical (unpaired) electrons. The second kappa shape index (κ2) is 9.28. The average Bonchev–Trinajstić information content (AvgIpc) is 2.69. The molecular weight excluding hydrogens is 335 g/mol. The van der Waals surface area contributed by atoms with Gasteiger partial charge in [-0.3, -0.25) is 4.90 Å². The van der Waals surface area contributed by atoms with Crippen LogP contribution < -0.4 is 9.64 Å². The Kier molecular flexibility index (Phi) is 6.80. The van der Waals surface area contributed by atoms with E-state index in [0.29, 0.717) is 30.6 Å². The SMILES string of the molecule is CCOc1cc(N2CCN(C3CCN(CCF)CC3)CC2)ccc1N=O. The summed E-state index contributed by atoms with van der Waals surface area (Å²) in [4.78, 5) is 18.0. The number of piperazine rings is 1. The fraction of sp³-hybridized carbons (Fsp3) is 0.684. The molecule has 2 saturated heterocycles. The highest BCUT2D eigenvalue weighted by Crippen LogP contribution is 2.32. The molecule has 2 aliphatic rings. The van der Waals surface area contributed by atoms with Crippen LogP contribution in [-0.4, -0.2) is 74.9 Å². The monoisotopic (exact) mass is 364 g/mol. The lowest BCUT2D eigenvalue weighted by Gasteiger charge is -2.43. The second-order valence-electron chi connectivity index (χ2n) is 6.96. The summed E-state index contributed by atoms with van der Waals surface area (Å²) in [5.41, 5.74) is 1.44. The van der Waals surface area contributed by atoms with Gasteiger partial charge in [0, 0.05) is 50.5 Å². The molecule has 0 bridgehead atoms. The zero-order chi connectivity index (χ0) is 18.4. The Morgan fingerprint density at radius 1 is 1.15 bits per heavy atom.